The van der Waals surface area contributed by atoms with Crippen LogP contribution in [0.4, 0.5) is 0 Å². The smallest absolute Gasteiger partial charge is 0.183 e. The Hall–Kier alpha value is -0.850. The van der Waals surface area contributed by atoms with Crippen LogP contribution in [0.15, 0.2) is 50.2 Å². The van der Waals surface area contributed by atoms with Crippen LogP contribution in [0, 0.1) is 6.92 Å². The second kappa shape index (κ2) is 6.50. The predicted molar refractivity (Wildman–Crippen MR) is 90.5 cm³/mol. The van der Waals surface area contributed by atoms with Gasteiger partial charge in [0.25, 0.3) is 0 Å². The highest BCUT2D eigenvalue weighted by Crippen LogP contribution is 2.33. The van der Waals surface area contributed by atoms with E-state index < -0.39 is 9.84 Å². The monoisotopic (exact) mass is 432 g/mol. The lowest BCUT2D eigenvalue weighted by Gasteiger charge is -2.13. The molecule has 0 aliphatic carbocycles. The van der Waals surface area contributed by atoms with Crippen molar-refractivity contribution in [2.45, 2.75) is 17.6 Å². The van der Waals surface area contributed by atoms with Gasteiger partial charge in [-0.15, -0.1) is 0 Å². The van der Waals surface area contributed by atoms with E-state index in [4.69, 9.17) is 4.74 Å². The number of halogens is 2. The Morgan fingerprint density at radius 3 is 2.33 bits per heavy atom. The first-order chi connectivity index (χ1) is 9.86. The molecule has 112 valence electrons. The molecule has 0 heterocycles. The van der Waals surface area contributed by atoms with Crippen molar-refractivity contribution in [3.05, 3.63) is 56.5 Å². The van der Waals surface area contributed by atoms with E-state index in [9.17, 15) is 8.42 Å². The molecule has 0 spiro atoms. The van der Waals surface area contributed by atoms with Crippen LogP contribution in [0.3, 0.4) is 0 Å². The Kier molecular flexibility index (Phi) is 5.11. The third kappa shape index (κ3) is 3.49. The zero-order valence-corrected chi connectivity index (χ0v) is 15.5. The lowest BCUT2D eigenvalue weighted by Crippen LogP contribution is -2.07. The minimum Gasteiger partial charge on any atom is -0.495 e. The summed E-state index contributed by atoms with van der Waals surface area (Å²) in [6, 6.07) is 10.4. The number of benzene rings is 2. The van der Waals surface area contributed by atoms with E-state index >= 15 is 0 Å². The summed E-state index contributed by atoms with van der Waals surface area (Å²) in [6.45, 7) is 1.86. The average molecular weight is 434 g/mol. The zero-order valence-electron chi connectivity index (χ0n) is 11.6. The summed E-state index contributed by atoms with van der Waals surface area (Å²) in [5.41, 5.74) is 1.55. The van der Waals surface area contributed by atoms with E-state index in [2.05, 4.69) is 31.9 Å². The van der Waals surface area contributed by atoms with Crippen molar-refractivity contribution >= 4 is 41.7 Å². The third-order valence-corrected chi connectivity index (χ3v) is 6.49. The number of ether oxygens (including phenoxy) is 1. The van der Waals surface area contributed by atoms with Gasteiger partial charge in [0.2, 0.25) is 0 Å². The fraction of sp³-hybridized carbons (Fsp3) is 0.200. The zero-order chi connectivity index (χ0) is 15.6. The number of hydrogen-bond donors (Lipinski definition) is 0. The van der Waals surface area contributed by atoms with Gasteiger partial charge in [0.15, 0.2) is 9.84 Å². The summed E-state index contributed by atoms with van der Waals surface area (Å²) in [5, 5.41) is 0. The maximum Gasteiger partial charge on any atom is 0.183 e. The van der Waals surface area contributed by atoms with Crippen LogP contribution < -0.4 is 4.74 Å². The number of hydrogen-bond acceptors (Lipinski definition) is 3. The number of methoxy groups -OCH3 is 1. The number of sulfone groups is 1. The quantitative estimate of drug-likeness (QED) is 0.712. The van der Waals surface area contributed by atoms with Crippen molar-refractivity contribution in [1.82, 2.24) is 0 Å². The van der Waals surface area contributed by atoms with Gasteiger partial charge in [0.1, 0.15) is 5.75 Å². The van der Waals surface area contributed by atoms with Gasteiger partial charge in [0.05, 0.1) is 22.2 Å². The first kappa shape index (κ1) is 16.5. The lowest BCUT2D eigenvalue weighted by molar-refractivity contribution is 0.408. The second-order valence-corrected chi connectivity index (χ2v) is 8.22. The van der Waals surface area contributed by atoms with Crippen molar-refractivity contribution < 1.29 is 13.2 Å². The van der Waals surface area contributed by atoms with Gasteiger partial charge >= 0.3 is 0 Å². The molecule has 21 heavy (non-hydrogen) atoms. The van der Waals surface area contributed by atoms with Crippen molar-refractivity contribution in [2.75, 3.05) is 7.11 Å². The van der Waals surface area contributed by atoms with Crippen molar-refractivity contribution in [1.29, 1.82) is 0 Å². The summed E-state index contributed by atoms with van der Waals surface area (Å²) in [4.78, 5) is 0.297. The largest absolute Gasteiger partial charge is 0.495 e. The predicted octanol–water partition coefficient (Wildman–Crippen LogP) is 4.50. The SMILES string of the molecule is COc1c(Br)ccc(CS(=O)(=O)c2ccccc2Br)c1C. The number of rotatable bonds is 4. The van der Waals surface area contributed by atoms with E-state index in [1.54, 1.807) is 43.5 Å². The van der Waals surface area contributed by atoms with Crippen LogP contribution in [-0.4, -0.2) is 15.5 Å². The molecule has 6 heteroatoms. The Balaban J connectivity index is 2.45. The van der Waals surface area contributed by atoms with Gasteiger partial charge < -0.3 is 4.74 Å². The summed E-state index contributed by atoms with van der Waals surface area (Å²) >= 11 is 6.69. The van der Waals surface area contributed by atoms with Crippen LogP contribution in [0.5, 0.6) is 5.75 Å². The molecule has 0 bridgehead atoms. The van der Waals surface area contributed by atoms with Crippen molar-refractivity contribution in [3.63, 3.8) is 0 Å². The van der Waals surface area contributed by atoms with Crippen LogP contribution in [0.1, 0.15) is 11.1 Å². The highest BCUT2D eigenvalue weighted by atomic mass is 79.9. The minimum atomic E-state index is -3.42. The average Bonchev–Trinajstić information content (AvgIpc) is 2.43. The molecule has 2 aromatic carbocycles. The van der Waals surface area contributed by atoms with Crippen LogP contribution >= 0.6 is 31.9 Å². The lowest BCUT2D eigenvalue weighted by atomic mass is 10.1. The van der Waals surface area contributed by atoms with Crippen molar-refractivity contribution in [2.24, 2.45) is 0 Å². The van der Waals surface area contributed by atoms with E-state index in [0.717, 1.165) is 15.6 Å². The van der Waals surface area contributed by atoms with Gasteiger partial charge in [-0.3, -0.25) is 0 Å². The topological polar surface area (TPSA) is 43.4 Å². The van der Waals surface area contributed by atoms with Gasteiger partial charge in [-0.2, -0.15) is 0 Å². The molecule has 0 fully saturated rings. The first-order valence-electron chi connectivity index (χ1n) is 6.16. The molecule has 0 aliphatic rings. The van der Waals surface area contributed by atoms with E-state index in [1.807, 2.05) is 6.92 Å². The van der Waals surface area contributed by atoms with Gasteiger partial charge in [-0.05, 0) is 68.1 Å². The Labute approximate surface area is 141 Å². The maximum absolute atomic E-state index is 12.6. The first-order valence-corrected chi connectivity index (χ1v) is 9.40. The van der Waals surface area contributed by atoms with Crippen LogP contribution in [0.2, 0.25) is 0 Å². The molecule has 0 amide bonds. The molecular formula is C15H14Br2O3S. The molecule has 0 atom stereocenters. The highest BCUT2D eigenvalue weighted by Gasteiger charge is 2.20. The molecule has 0 aliphatic heterocycles. The summed E-state index contributed by atoms with van der Waals surface area (Å²) in [6.07, 6.45) is 0. The highest BCUT2D eigenvalue weighted by molar-refractivity contribution is 9.10. The normalized spacial score (nSPS) is 11.4. The van der Waals surface area contributed by atoms with E-state index in [0.29, 0.717) is 15.1 Å². The molecule has 3 nitrogen and oxygen atoms in total. The molecule has 0 saturated heterocycles. The Morgan fingerprint density at radius 1 is 1.05 bits per heavy atom. The van der Waals surface area contributed by atoms with E-state index in [1.165, 1.54) is 0 Å². The molecular weight excluding hydrogens is 420 g/mol. The van der Waals surface area contributed by atoms with Gasteiger partial charge in [0, 0.05) is 4.47 Å². The summed E-state index contributed by atoms with van der Waals surface area (Å²) < 4.78 is 31.8. The Bertz CT molecular complexity index is 770. The molecule has 0 N–H and O–H groups in total. The van der Waals surface area contributed by atoms with Gasteiger partial charge in [-0.25, -0.2) is 8.42 Å². The van der Waals surface area contributed by atoms with Gasteiger partial charge in [-0.1, -0.05) is 18.2 Å². The molecule has 0 aromatic heterocycles. The molecule has 0 radical (unpaired) electrons. The van der Waals surface area contributed by atoms with Crippen LogP contribution in [0.25, 0.3) is 0 Å². The Morgan fingerprint density at radius 2 is 1.71 bits per heavy atom. The third-order valence-electron chi connectivity index (χ3n) is 3.19. The maximum atomic E-state index is 12.6. The molecule has 2 rings (SSSR count). The molecule has 0 saturated carbocycles. The van der Waals surface area contributed by atoms with Crippen LogP contribution in [-0.2, 0) is 15.6 Å². The fourth-order valence-electron chi connectivity index (χ4n) is 2.09. The minimum absolute atomic E-state index is 0.0644. The summed E-state index contributed by atoms with van der Waals surface area (Å²) in [5.74, 6) is 0.597. The van der Waals surface area contributed by atoms with E-state index in [-0.39, 0.29) is 5.75 Å². The standard InChI is InChI=1S/C15H14Br2O3S/c1-10-11(7-8-13(17)15(10)20-2)9-21(18,19)14-6-4-3-5-12(14)16/h3-8H,9H2,1-2H3. The fourth-order valence-corrected chi connectivity index (χ4v) is 5.23. The summed E-state index contributed by atoms with van der Waals surface area (Å²) in [7, 11) is -1.85. The molecule has 0 unspecified atom stereocenters. The molecule has 2 aromatic rings. The van der Waals surface area contributed by atoms with Crippen molar-refractivity contribution in [3.8, 4) is 5.75 Å². The second-order valence-electron chi connectivity index (χ2n) is 4.55.